The lowest BCUT2D eigenvalue weighted by atomic mass is 9.96. The van der Waals surface area contributed by atoms with Crippen molar-refractivity contribution >= 4 is 28.3 Å². The lowest BCUT2D eigenvalue weighted by Gasteiger charge is -2.39. The number of ether oxygens (including phenoxy) is 1. The average Bonchev–Trinajstić information content (AvgIpc) is 2.90. The predicted molar refractivity (Wildman–Crippen MR) is 141 cm³/mol. The summed E-state index contributed by atoms with van der Waals surface area (Å²) in [4.78, 5) is 15.8. The van der Waals surface area contributed by atoms with Gasteiger partial charge in [-0.3, -0.25) is 4.79 Å². The molecule has 2 aliphatic rings. The van der Waals surface area contributed by atoms with Crippen LogP contribution in [0.15, 0.2) is 56.6 Å². The lowest BCUT2D eigenvalue weighted by molar-refractivity contribution is -0.205. The van der Waals surface area contributed by atoms with Gasteiger partial charge in [-0.2, -0.15) is 0 Å². The minimum absolute atomic E-state index is 0.00355. The molecular formula is C27H29NO9S. The molecule has 0 spiro atoms. The molecule has 1 fully saturated rings. The standard InChI is InChI=1S/C27H29NO9S/c1-28-8-6-14(7-9-28)21-16(30)10-17(31)22-18(32)11-19(36-26(21)22)13-2-4-15(5-3-13)38-27-25(35)24(34)23(33)20(12-29)37-27/h2-6,10-11,20,23-25,27,29-31,33-35H,7-9,12H2,1H3/t20-,23-,24+,25-,27-/m0/s1. The van der Waals surface area contributed by atoms with Crippen molar-refractivity contribution in [3.63, 3.8) is 0 Å². The molecule has 10 nitrogen and oxygen atoms in total. The largest absolute Gasteiger partial charge is 0.507 e. The van der Waals surface area contributed by atoms with E-state index in [9.17, 15) is 35.4 Å². The predicted octanol–water partition coefficient (Wildman–Crippen LogP) is 1.48. The molecule has 1 saturated heterocycles. The van der Waals surface area contributed by atoms with Gasteiger partial charge in [0.15, 0.2) is 11.0 Å². The summed E-state index contributed by atoms with van der Waals surface area (Å²) in [5.74, 6) is -0.287. The van der Waals surface area contributed by atoms with Crippen LogP contribution >= 0.6 is 11.8 Å². The highest BCUT2D eigenvalue weighted by atomic mass is 32.2. The summed E-state index contributed by atoms with van der Waals surface area (Å²) in [5, 5.41) is 60.8. The quantitative estimate of drug-likeness (QED) is 0.276. The van der Waals surface area contributed by atoms with Gasteiger partial charge in [-0.1, -0.05) is 30.0 Å². The summed E-state index contributed by atoms with van der Waals surface area (Å²) < 4.78 is 11.7. The van der Waals surface area contributed by atoms with E-state index in [1.807, 2.05) is 13.1 Å². The number of hydrogen-bond acceptors (Lipinski definition) is 11. The smallest absolute Gasteiger partial charge is 0.197 e. The number of phenolic OH excluding ortho intramolecular Hbond substituents is 2. The van der Waals surface area contributed by atoms with Gasteiger partial charge in [0.1, 0.15) is 52.5 Å². The Bertz CT molecular complexity index is 1420. The van der Waals surface area contributed by atoms with E-state index in [0.29, 0.717) is 29.0 Å². The van der Waals surface area contributed by atoms with Crippen molar-refractivity contribution in [2.75, 3.05) is 26.7 Å². The number of nitrogens with zero attached hydrogens (tertiary/aromatic N) is 1. The third kappa shape index (κ3) is 4.94. The van der Waals surface area contributed by atoms with Crippen molar-refractivity contribution in [2.24, 2.45) is 0 Å². The van der Waals surface area contributed by atoms with Crippen molar-refractivity contribution in [1.29, 1.82) is 0 Å². The summed E-state index contributed by atoms with van der Waals surface area (Å²) in [6.07, 6.45) is -2.66. The van der Waals surface area contributed by atoms with E-state index in [1.54, 1.807) is 24.3 Å². The fraction of sp³-hybridized carbons (Fsp3) is 0.370. The number of rotatable bonds is 5. The van der Waals surface area contributed by atoms with Crippen LogP contribution in [0.5, 0.6) is 11.5 Å². The number of benzene rings is 2. The average molecular weight is 544 g/mol. The van der Waals surface area contributed by atoms with Gasteiger partial charge in [0.05, 0.1) is 12.2 Å². The molecule has 5 atom stereocenters. The third-order valence-corrected chi connectivity index (χ3v) is 8.10. The molecule has 0 amide bonds. The number of thioether (sulfide) groups is 1. The molecule has 2 aromatic carbocycles. The molecule has 11 heteroatoms. The maximum Gasteiger partial charge on any atom is 0.197 e. The summed E-state index contributed by atoms with van der Waals surface area (Å²) in [7, 11) is 1.99. The number of hydrogen-bond donors (Lipinski definition) is 6. The Morgan fingerprint density at radius 3 is 2.42 bits per heavy atom. The highest BCUT2D eigenvalue weighted by Crippen LogP contribution is 2.41. The molecule has 38 heavy (non-hydrogen) atoms. The van der Waals surface area contributed by atoms with E-state index in [1.165, 1.54) is 12.1 Å². The Kier molecular flexibility index (Phi) is 7.51. The number of fused-ring (bicyclic) bond motifs is 1. The second-order valence-corrected chi connectivity index (χ2v) is 10.7. The van der Waals surface area contributed by atoms with Crippen LogP contribution in [-0.4, -0.2) is 92.1 Å². The molecule has 0 aliphatic carbocycles. The highest BCUT2D eigenvalue weighted by molar-refractivity contribution is 7.99. The van der Waals surface area contributed by atoms with E-state index >= 15 is 0 Å². The maximum absolute atomic E-state index is 13.0. The van der Waals surface area contributed by atoms with Crippen LogP contribution in [0.2, 0.25) is 0 Å². The molecule has 6 N–H and O–H groups in total. The van der Waals surface area contributed by atoms with Crippen LogP contribution in [0.25, 0.3) is 27.9 Å². The number of phenols is 2. The molecule has 0 unspecified atom stereocenters. The van der Waals surface area contributed by atoms with E-state index in [4.69, 9.17) is 9.15 Å². The maximum atomic E-state index is 13.0. The van der Waals surface area contributed by atoms with Crippen molar-refractivity contribution in [1.82, 2.24) is 4.90 Å². The van der Waals surface area contributed by atoms with Gasteiger partial charge in [0, 0.05) is 35.7 Å². The van der Waals surface area contributed by atoms with Gasteiger partial charge in [-0.15, -0.1) is 0 Å². The van der Waals surface area contributed by atoms with E-state index < -0.39 is 41.9 Å². The summed E-state index contributed by atoms with van der Waals surface area (Å²) in [6.45, 7) is 0.933. The fourth-order valence-electron chi connectivity index (χ4n) is 4.75. The van der Waals surface area contributed by atoms with Crippen LogP contribution in [-0.2, 0) is 4.74 Å². The first-order chi connectivity index (χ1) is 18.2. The fourth-order valence-corrected chi connectivity index (χ4v) is 5.81. The van der Waals surface area contributed by atoms with Gasteiger partial charge < -0.3 is 44.7 Å². The molecule has 0 saturated carbocycles. The van der Waals surface area contributed by atoms with Gasteiger partial charge in [0.2, 0.25) is 0 Å². The number of likely N-dealkylation sites (N-methyl/N-ethyl adjacent to an activating group) is 1. The van der Waals surface area contributed by atoms with E-state index in [-0.39, 0.29) is 28.2 Å². The van der Waals surface area contributed by atoms with Crippen LogP contribution in [0, 0.1) is 0 Å². The number of aromatic hydroxyl groups is 2. The molecule has 3 aromatic rings. The third-order valence-electron chi connectivity index (χ3n) is 6.93. The van der Waals surface area contributed by atoms with E-state index in [2.05, 4.69) is 4.90 Å². The second-order valence-electron chi connectivity index (χ2n) is 9.55. The Hall–Kier alpha value is -2.90. The van der Waals surface area contributed by atoms with Crippen LogP contribution in [0.4, 0.5) is 0 Å². The summed E-state index contributed by atoms with van der Waals surface area (Å²) in [6, 6.07) is 9.28. The minimum atomic E-state index is -1.47. The highest BCUT2D eigenvalue weighted by Gasteiger charge is 2.43. The number of aliphatic hydroxyl groups excluding tert-OH is 4. The van der Waals surface area contributed by atoms with Gasteiger partial charge >= 0.3 is 0 Å². The van der Waals surface area contributed by atoms with Crippen molar-refractivity contribution in [3.8, 4) is 22.8 Å². The first-order valence-electron chi connectivity index (χ1n) is 12.2. The Balaban J connectivity index is 1.48. The Morgan fingerprint density at radius 1 is 1.03 bits per heavy atom. The summed E-state index contributed by atoms with van der Waals surface area (Å²) in [5.41, 5.74) is 0.519. The van der Waals surface area contributed by atoms with E-state index in [0.717, 1.165) is 23.9 Å². The molecule has 202 valence electrons. The molecule has 5 rings (SSSR count). The number of aliphatic hydroxyl groups is 4. The minimum Gasteiger partial charge on any atom is -0.507 e. The van der Waals surface area contributed by atoms with Crippen LogP contribution in [0.3, 0.4) is 0 Å². The second kappa shape index (κ2) is 10.7. The van der Waals surface area contributed by atoms with Crippen molar-refractivity contribution < 1.29 is 39.8 Å². The first-order valence-corrected chi connectivity index (χ1v) is 13.0. The zero-order chi connectivity index (χ0) is 27.1. The molecule has 3 heterocycles. The molecule has 2 aliphatic heterocycles. The van der Waals surface area contributed by atoms with Crippen molar-refractivity contribution in [2.45, 2.75) is 41.2 Å². The zero-order valence-electron chi connectivity index (χ0n) is 20.5. The monoisotopic (exact) mass is 543 g/mol. The molecule has 0 radical (unpaired) electrons. The van der Waals surface area contributed by atoms with Crippen LogP contribution in [0.1, 0.15) is 12.0 Å². The van der Waals surface area contributed by atoms with Crippen molar-refractivity contribution in [3.05, 3.63) is 58.3 Å². The van der Waals surface area contributed by atoms with Gasteiger partial charge in [0.25, 0.3) is 0 Å². The Labute approximate surface area is 222 Å². The van der Waals surface area contributed by atoms with Gasteiger partial charge in [-0.05, 0) is 31.2 Å². The summed E-state index contributed by atoms with van der Waals surface area (Å²) >= 11 is 1.11. The molecular weight excluding hydrogens is 514 g/mol. The first kappa shape index (κ1) is 26.7. The van der Waals surface area contributed by atoms with Gasteiger partial charge in [-0.25, -0.2) is 0 Å². The molecule has 0 bridgehead atoms. The SMILES string of the molecule is CN1CC=C(c2c(O)cc(O)c3c(=O)cc(-c4ccc(S[C@@H]5O[C@@H](CO)[C@H](O)[C@@H](O)[C@@H]5O)cc4)oc23)CC1. The Morgan fingerprint density at radius 2 is 1.76 bits per heavy atom. The van der Waals surface area contributed by atoms with Crippen LogP contribution < -0.4 is 5.43 Å². The zero-order valence-corrected chi connectivity index (χ0v) is 21.3. The lowest BCUT2D eigenvalue weighted by Crippen LogP contribution is -2.57. The normalized spacial score (nSPS) is 26.4. The topological polar surface area (TPSA) is 164 Å². The molecule has 1 aromatic heterocycles.